The van der Waals surface area contributed by atoms with Gasteiger partial charge in [0.2, 0.25) is 12.6 Å². The van der Waals surface area contributed by atoms with Crippen molar-refractivity contribution in [3.63, 3.8) is 0 Å². The summed E-state index contributed by atoms with van der Waals surface area (Å²) in [5.41, 5.74) is 0.621. The van der Waals surface area contributed by atoms with Crippen LogP contribution in [0.15, 0.2) is 36.4 Å². The summed E-state index contributed by atoms with van der Waals surface area (Å²) in [7, 11) is 0. The van der Waals surface area contributed by atoms with Crippen molar-refractivity contribution in [1.82, 2.24) is 0 Å². The van der Waals surface area contributed by atoms with E-state index in [1.165, 1.54) is 36.4 Å². The van der Waals surface area contributed by atoms with Gasteiger partial charge in [0.1, 0.15) is 66.4 Å². The molecule has 2 fully saturated rings. The fourth-order valence-corrected chi connectivity index (χ4v) is 4.98. The highest BCUT2D eigenvalue weighted by molar-refractivity contribution is 6.00. The molecule has 3 aliphatic heterocycles. The predicted molar refractivity (Wildman–Crippen MR) is 136 cm³/mol. The third-order valence-corrected chi connectivity index (χ3v) is 7.44. The van der Waals surface area contributed by atoms with Crippen LogP contribution < -0.4 is 14.2 Å². The Labute approximate surface area is 238 Å². The number of carbonyl (C=O) groups excluding carboxylic acids is 1. The van der Waals surface area contributed by atoms with Gasteiger partial charge in [0, 0.05) is 6.07 Å². The molecule has 0 unspecified atom stereocenters. The van der Waals surface area contributed by atoms with Gasteiger partial charge < -0.3 is 69.6 Å². The third kappa shape index (κ3) is 5.76. The Bertz CT molecular complexity index is 1270. The largest absolute Gasteiger partial charge is 0.504 e. The maximum atomic E-state index is 12.9. The lowest BCUT2D eigenvalue weighted by molar-refractivity contribution is -0.277. The molecule has 0 radical (unpaired) electrons. The normalized spacial score (nSPS) is 36.6. The molecular weight excluding hydrogens is 564 g/mol. The maximum absolute atomic E-state index is 12.9. The van der Waals surface area contributed by atoms with Gasteiger partial charge in [-0.05, 0) is 29.8 Å². The highest BCUT2D eigenvalue weighted by Crippen LogP contribution is 2.40. The van der Waals surface area contributed by atoms with Crippen molar-refractivity contribution in [3.05, 3.63) is 47.5 Å². The van der Waals surface area contributed by atoms with Crippen LogP contribution >= 0.6 is 0 Å². The monoisotopic (exact) mass is 596 g/mol. The lowest BCUT2D eigenvalue weighted by atomic mass is 9.96. The van der Waals surface area contributed by atoms with E-state index in [9.17, 15) is 50.8 Å². The SMILES string of the molecule is O=C1C[C@@H](c2ccc(O)c(O[C@H]3O[C@@H](CO)[C@H](O)[C@@H](O)[C@@H]3O)c2)Oc2cc(O[C@H]3O[C@H](CO)[C@@H](O)[C@H](O)[C@H]3O)ccc21. The van der Waals surface area contributed by atoms with Crippen molar-refractivity contribution in [3.8, 4) is 23.0 Å². The first kappa shape index (κ1) is 30.4. The number of rotatable bonds is 7. The lowest BCUT2D eigenvalue weighted by Gasteiger charge is -2.39. The van der Waals surface area contributed by atoms with Gasteiger partial charge in [0.15, 0.2) is 17.3 Å². The summed E-state index contributed by atoms with van der Waals surface area (Å²) in [4.78, 5) is 12.9. The molecule has 0 saturated carbocycles. The summed E-state index contributed by atoms with van der Waals surface area (Å²) >= 11 is 0. The minimum atomic E-state index is -1.72. The van der Waals surface area contributed by atoms with Crippen LogP contribution in [-0.2, 0) is 9.47 Å². The molecule has 0 bridgehead atoms. The minimum absolute atomic E-state index is 0.0869. The predicted octanol–water partition coefficient (Wildman–Crippen LogP) is -2.54. The van der Waals surface area contributed by atoms with Gasteiger partial charge in [-0.25, -0.2) is 0 Å². The second kappa shape index (κ2) is 12.3. The maximum Gasteiger partial charge on any atom is 0.229 e. The number of fused-ring (bicyclic) bond motifs is 1. The molecule has 15 nitrogen and oxygen atoms in total. The minimum Gasteiger partial charge on any atom is -0.504 e. The van der Waals surface area contributed by atoms with Gasteiger partial charge in [-0.15, -0.1) is 0 Å². The molecular formula is C27H32O15. The fraction of sp³-hybridized carbons (Fsp3) is 0.519. The van der Waals surface area contributed by atoms with Gasteiger partial charge in [-0.3, -0.25) is 4.79 Å². The molecule has 0 aromatic heterocycles. The number of aliphatic hydroxyl groups excluding tert-OH is 8. The smallest absolute Gasteiger partial charge is 0.229 e. The Morgan fingerprint density at radius 1 is 0.738 bits per heavy atom. The number of ketones is 1. The topological polar surface area (TPSA) is 245 Å². The molecule has 2 saturated heterocycles. The molecule has 2 aromatic rings. The van der Waals surface area contributed by atoms with E-state index in [-0.39, 0.29) is 40.8 Å². The van der Waals surface area contributed by atoms with Crippen LogP contribution in [0.1, 0.15) is 28.4 Å². The van der Waals surface area contributed by atoms with Gasteiger partial charge >= 0.3 is 0 Å². The van der Waals surface area contributed by atoms with Crippen molar-refractivity contribution < 1.29 is 74.4 Å². The highest BCUT2D eigenvalue weighted by atomic mass is 16.7. The molecule has 2 aromatic carbocycles. The Morgan fingerprint density at radius 2 is 1.33 bits per heavy atom. The average Bonchev–Trinajstić information content (AvgIpc) is 2.98. The number of hydrogen-bond acceptors (Lipinski definition) is 15. The van der Waals surface area contributed by atoms with Crippen LogP contribution in [-0.4, -0.2) is 126 Å². The Morgan fingerprint density at radius 3 is 1.93 bits per heavy atom. The van der Waals surface area contributed by atoms with Crippen molar-refractivity contribution in [1.29, 1.82) is 0 Å². The number of carbonyl (C=O) groups is 1. The molecule has 230 valence electrons. The summed E-state index contributed by atoms with van der Waals surface area (Å²) in [6.07, 6.45) is -16.2. The molecule has 42 heavy (non-hydrogen) atoms. The number of ether oxygens (including phenoxy) is 5. The number of phenolic OH excluding ortho intramolecular Hbond substituents is 1. The third-order valence-electron chi connectivity index (χ3n) is 7.44. The zero-order valence-electron chi connectivity index (χ0n) is 21.9. The molecule has 5 rings (SSSR count). The fourth-order valence-electron chi connectivity index (χ4n) is 4.98. The van der Waals surface area contributed by atoms with Crippen molar-refractivity contribution >= 4 is 5.78 Å². The molecule has 0 aliphatic carbocycles. The highest BCUT2D eigenvalue weighted by Gasteiger charge is 2.46. The van der Waals surface area contributed by atoms with Gasteiger partial charge in [-0.2, -0.15) is 0 Å². The number of aromatic hydroxyl groups is 1. The van der Waals surface area contributed by atoms with Crippen molar-refractivity contribution in [2.45, 2.75) is 73.9 Å². The first-order chi connectivity index (χ1) is 20.0. The standard InChI is InChI=1S/C27H32O15/c28-8-18-20(32)22(34)24(36)26(41-18)38-11-2-3-12-14(31)7-15(39-16(12)6-11)10-1-4-13(30)17(5-10)40-27-25(37)23(35)21(33)19(9-29)42-27/h1-6,15,18-30,32-37H,7-9H2/t15-,18+,19-,20+,21-,22-,23+,24+,25-,26-,27-/m0/s1. The molecule has 11 atom stereocenters. The van der Waals surface area contributed by atoms with E-state index < -0.39 is 80.7 Å². The molecule has 3 heterocycles. The van der Waals surface area contributed by atoms with E-state index >= 15 is 0 Å². The Kier molecular flexibility index (Phi) is 8.86. The number of hydrogen-bond donors (Lipinski definition) is 9. The molecule has 15 heteroatoms. The second-order valence-electron chi connectivity index (χ2n) is 10.2. The molecule has 3 aliphatic rings. The number of phenols is 1. The summed E-state index contributed by atoms with van der Waals surface area (Å²) in [6.45, 7) is -1.31. The molecule has 0 spiro atoms. The van der Waals surface area contributed by atoms with Crippen LogP contribution in [0.3, 0.4) is 0 Å². The first-order valence-electron chi connectivity index (χ1n) is 13.1. The van der Waals surface area contributed by atoms with Crippen molar-refractivity contribution in [2.24, 2.45) is 0 Å². The Balaban J connectivity index is 1.33. The van der Waals surface area contributed by atoms with E-state index in [1.54, 1.807) is 0 Å². The first-order valence-corrected chi connectivity index (χ1v) is 13.1. The summed E-state index contributed by atoms with van der Waals surface area (Å²) in [5, 5.41) is 89.7. The lowest BCUT2D eigenvalue weighted by Crippen LogP contribution is -2.60. The number of Topliss-reactive ketones (excluding diaryl/α,β-unsaturated/α-hetero) is 1. The molecule has 0 amide bonds. The van der Waals surface area contributed by atoms with Crippen LogP contribution in [0.5, 0.6) is 23.0 Å². The van der Waals surface area contributed by atoms with Crippen LogP contribution in [0.25, 0.3) is 0 Å². The van der Waals surface area contributed by atoms with E-state index in [0.717, 1.165) is 0 Å². The number of benzene rings is 2. The van der Waals surface area contributed by atoms with Gasteiger partial charge in [0.05, 0.1) is 25.2 Å². The van der Waals surface area contributed by atoms with Gasteiger partial charge in [-0.1, -0.05) is 6.07 Å². The number of aliphatic hydroxyl groups is 8. The Hall–Kier alpha value is -3.09. The van der Waals surface area contributed by atoms with Gasteiger partial charge in [0.25, 0.3) is 0 Å². The summed E-state index contributed by atoms with van der Waals surface area (Å²) in [6, 6.07) is 8.32. The van der Waals surface area contributed by atoms with Crippen LogP contribution in [0.2, 0.25) is 0 Å². The van der Waals surface area contributed by atoms with E-state index in [1.807, 2.05) is 0 Å². The summed E-state index contributed by atoms with van der Waals surface area (Å²) < 4.78 is 27.9. The van der Waals surface area contributed by atoms with E-state index in [0.29, 0.717) is 5.56 Å². The second-order valence-corrected chi connectivity index (χ2v) is 10.2. The molecule has 9 N–H and O–H groups in total. The van der Waals surface area contributed by atoms with Crippen molar-refractivity contribution in [2.75, 3.05) is 13.2 Å². The summed E-state index contributed by atoms with van der Waals surface area (Å²) in [5.74, 6) is -0.649. The van der Waals surface area contributed by atoms with E-state index in [2.05, 4.69) is 0 Å². The van der Waals surface area contributed by atoms with E-state index in [4.69, 9.17) is 23.7 Å². The van der Waals surface area contributed by atoms with Crippen LogP contribution in [0, 0.1) is 0 Å². The quantitative estimate of drug-likeness (QED) is 0.160. The van der Waals surface area contributed by atoms with Crippen LogP contribution in [0.4, 0.5) is 0 Å². The zero-order valence-corrected chi connectivity index (χ0v) is 21.9. The zero-order chi connectivity index (χ0) is 30.3. The average molecular weight is 597 g/mol.